The van der Waals surface area contributed by atoms with Gasteiger partial charge in [0.15, 0.2) is 0 Å². The molecule has 0 bridgehead atoms. The molecule has 1 fully saturated rings. The number of rotatable bonds is 0. The zero-order valence-corrected chi connectivity index (χ0v) is 8.03. The van der Waals surface area contributed by atoms with Crippen LogP contribution in [0.2, 0.25) is 0 Å². The molecule has 1 aliphatic heterocycles. The van der Waals surface area contributed by atoms with Crippen LogP contribution in [0, 0.1) is 0 Å². The first-order chi connectivity index (χ1) is 5.86. The highest BCUT2D eigenvalue weighted by molar-refractivity contribution is 8.00. The van der Waals surface area contributed by atoms with E-state index in [9.17, 15) is 0 Å². The summed E-state index contributed by atoms with van der Waals surface area (Å²) in [6.45, 7) is 3.24. The van der Waals surface area contributed by atoms with Gasteiger partial charge in [-0.1, -0.05) is 23.8 Å². The third-order valence-corrected chi connectivity index (χ3v) is 3.30. The minimum Gasteiger partial charge on any atom is -0.386 e. The van der Waals surface area contributed by atoms with Crippen molar-refractivity contribution in [3.63, 3.8) is 0 Å². The first-order valence-electron chi connectivity index (χ1n) is 4.28. The smallest absolute Gasteiger partial charge is 0.0628 e. The molecule has 1 saturated heterocycles. The van der Waals surface area contributed by atoms with E-state index in [4.69, 9.17) is 0 Å². The summed E-state index contributed by atoms with van der Waals surface area (Å²) in [7, 11) is 0. The Labute approximate surface area is 77.6 Å². The average molecular weight is 179 g/mol. The fourth-order valence-corrected chi connectivity index (χ4v) is 2.41. The van der Waals surface area contributed by atoms with Crippen LogP contribution in [-0.2, 0) is 0 Å². The lowest BCUT2D eigenvalue weighted by Gasteiger charge is -2.23. The zero-order chi connectivity index (χ0) is 8.39. The van der Waals surface area contributed by atoms with Gasteiger partial charge in [0.2, 0.25) is 0 Å². The van der Waals surface area contributed by atoms with Crippen LogP contribution < -0.4 is 5.32 Å². The van der Waals surface area contributed by atoms with Gasteiger partial charge in [0, 0.05) is 18.0 Å². The van der Waals surface area contributed by atoms with Crippen molar-refractivity contribution < 1.29 is 0 Å². The number of thioether (sulfide) groups is 1. The van der Waals surface area contributed by atoms with Crippen molar-refractivity contribution >= 4 is 11.8 Å². The number of hydrogen-bond donors (Lipinski definition) is 1. The van der Waals surface area contributed by atoms with E-state index in [0.29, 0.717) is 5.25 Å². The largest absolute Gasteiger partial charge is 0.386 e. The van der Waals surface area contributed by atoms with Crippen molar-refractivity contribution in [1.29, 1.82) is 0 Å². The summed E-state index contributed by atoms with van der Waals surface area (Å²) in [5, 5.41) is 3.99. The molecule has 0 spiro atoms. The Kier molecular flexibility index (Phi) is 2.26. The van der Waals surface area contributed by atoms with E-state index < -0.39 is 0 Å². The minimum atomic E-state index is 0.562. The van der Waals surface area contributed by atoms with Crippen LogP contribution in [-0.4, -0.2) is 17.5 Å². The number of hydrogen-bond acceptors (Lipinski definition) is 2. The Bertz CT molecular complexity index is 263. The number of fused-ring (bicyclic) bond motifs is 1. The van der Waals surface area contributed by atoms with Crippen molar-refractivity contribution in [3.8, 4) is 0 Å². The average Bonchev–Trinajstić information content (AvgIpc) is 2.29. The molecule has 1 unspecified atom stereocenters. The summed E-state index contributed by atoms with van der Waals surface area (Å²) >= 11 is 2.01. The van der Waals surface area contributed by atoms with Crippen molar-refractivity contribution in [2.75, 3.05) is 12.3 Å². The van der Waals surface area contributed by atoms with Crippen LogP contribution in [0.25, 0.3) is 0 Å². The van der Waals surface area contributed by atoms with E-state index in [1.165, 1.54) is 17.0 Å². The van der Waals surface area contributed by atoms with Gasteiger partial charge in [-0.15, -0.1) is 11.8 Å². The maximum Gasteiger partial charge on any atom is 0.0628 e. The summed E-state index contributed by atoms with van der Waals surface area (Å²) in [6.07, 6.45) is 8.85. The van der Waals surface area contributed by atoms with Gasteiger partial charge in [0.05, 0.1) is 5.25 Å². The van der Waals surface area contributed by atoms with Crippen LogP contribution in [0.5, 0.6) is 0 Å². The molecule has 1 N–H and O–H groups in total. The van der Waals surface area contributed by atoms with Gasteiger partial charge in [-0.2, -0.15) is 0 Å². The predicted octanol–water partition coefficient (Wildman–Crippen LogP) is 2.09. The minimum absolute atomic E-state index is 0.562. The molecule has 0 saturated carbocycles. The topological polar surface area (TPSA) is 12.0 Å². The molecule has 1 heterocycles. The highest BCUT2D eigenvalue weighted by Crippen LogP contribution is 2.25. The van der Waals surface area contributed by atoms with E-state index >= 15 is 0 Å². The Morgan fingerprint density at radius 2 is 2.42 bits per heavy atom. The molecule has 12 heavy (non-hydrogen) atoms. The molecule has 0 amide bonds. The Morgan fingerprint density at radius 3 is 3.33 bits per heavy atom. The molecular weight excluding hydrogens is 166 g/mol. The fourth-order valence-electron chi connectivity index (χ4n) is 1.40. The van der Waals surface area contributed by atoms with Crippen molar-refractivity contribution in [2.45, 2.75) is 12.2 Å². The second kappa shape index (κ2) is 3.40. The molecule has 1 nitrogen and oxygen atoms in total. The van der Waals surface area contributed by atoms with Gasteiger partial charge in [-0.05, 0) is 13.0 Å². The van der Waals surface area contributed by atoms with Crippen molar-refractivity contribution in [1.82, 2.24) is 5.32 Å². The lowest BCUT2D eigenvalue weighted by molar-refractivity contribution is 0.818. The van der Waals surface area contributed by atoms with Gasteiger partial charge < -0.3 is 5.32 Å². The number of allylic oxidation sites excluding steroid dienone is 4. The van der Waals surface area contributed by atoms with E-state index in [-0.39, 0.29) is 0 Å². The van der Waals surface area contributed by atoms with Crippen molar-refractivity contribution in [2.24, 2.45) is 0 Å². The predicted molar refractivity (Wildman–Crippen MR) is 55.2 cm³/mol. The Balaban J connectivity index is 2.24. The lowest BCUT2D eigenvalue weighted by Crippen LogP contribution is -2.29. The van der Waals surface area contributed by atoms with E-state index in [2.05, 4.69) is 36.5 Å². The molecule has 2 rings (SSSR count). The summed E-state index contributed by atoms with van der Waals surface area (Å²) in [5.74, 6) is 1.21. The first-order valence-corrected chi connectivity index (χ1v) is 5.33. The van der Waals surface area contributed by atoms with Crippen LogP contribution in [0.4, 0.5) is 0 Å². The molecule has 1 aliphatic carbocycles. The highest BCUT2D eigenvalue weighted by atomic mass is 32.2. The van der Waals surface area contributed by atoms with Crippen LogP contribution in [0.1, 0.15) is 6.92 Å². The molecule has 0 aromatic rings. The molecule has 2 heteroatoms. The summed E-state index contributed by atoms with van der Waals surface area (Å²) < 4.78 is 0. The maximum absolute atomic E-state index is 3.43. The molecule has 1 atom stereocenters. The van der Waals surface area contributed by atoms with Gasteiger partial charge in [0.25, 0.3) is 0 Å². The van der Waals surface area contributed by atoms with Gasteiger partial charge in [0.1, 0.15) is 0 Å². The Morgan fingerprint density at radius 1 is 1.50 bits per heavy atom. The van der Waals surface area contributed by atoms with E-state index in [0.717, 1.165) is 6.54 Å². The summed E-state index contributed by atoms with van der Waals surface area (Å²) in [5.41, 5.74) is 2.69. The third kappa shape index (κ3) is 1.58. The van der Waals surface area contributed by atoms with Crippen LogP contribution in [0.15, 0.2) is 35.6 Å². The number of nitrogens with one attached hydrogen (secondary N) is 1. The van der Waals surface area contributed by atoms with Crippen LogP contribution >= 0.6 is 11.8 Å². The third-order valence-electron chi connectivity index (χ3n) is 2.09. The summed E-state index contributed by atoms with van der Waals surface area (Å²) in [4.78, 5) is 0. The summed E-state index contributed by atoms with van der Waals surface area (Å²) in [6, 6.07) is 0. The SMILES string of the molecule is CC1=CC=C2NCCSC2C=C1. The molecule has 64 valence electrons. The molecule has 0 aromatic heterocycles. The van der Waals surface area contributed by atoms with Gasteiger partial charge in [-0.3, -0.25) is 0 Å². The van der Waals surface area contributed by atoms with E-state index in [1.807, 2.05) is 11.8 Å². The maximum atomic E-state index is 3.43. The zero-order valence-electron chi connectivity index (χ0n) is 7.21. The highest BCUT2D eigenvalue weighted by Gasteiger charge is 2.16. The molecule has 0 aromatic carbocycles. The lowest BCUT2D eigenvalue weighted by atomic mass is 10.2. The van der Waals surface area contributed by atoms with Gasteiger partial charge >= 0.3 is 0 Å². The van der Waals surface area contributed by atoms with Crippen LogP contribution in [0.3, 0.4) is 0 Å². The molecule has 2 aliphatic rings. The van der Waals surface area contributed by atoms with Crippen molar-refractivity contribution in [3.05, 3.63) is 35.6 Å². The fraction of sp³-hybridized carbons (Fsp3) is 0.400. The van der Waals surface area contributed by atoms with Gasteiger partial charge in [-0.25, -0.2) is 0 Å². The monoisotopic (exact) mass is 179 g/mol. The quantitative estimate of drug-likeness (QED) is 0.611. The molecular formula is C10H13NS. The Hall–Kier alpha value is -0.630. The standard InChI is InChI=1S/C10H13NS/c1-8-2-4-9-10(5-3-8)12-7-6-11-9/h2-5,10-11H,6-7H2,1H3. The first kappa shape index (κ1) is 7.99. The second-order valence-corrected chi connectivity index (χ2v) is 4.36. The molecule has 0 radical (unpaired) electrons. The van der Waals surface area contributed by atoms with E-state index in [1.54, 1.807) is 0 Å². The normalized spacial score (nSPS) is 27.9. The second-order valence-electron chi connectivity index (χ2n) is 3.11.